The summed E-state index contributed by atoms with van der Waals surface area (Å²) >= 11 is 0. The van der Waals surface area contributed by atoms with E-state index in [9.17, 15) is 0 Å². The van der Waals surface area contributed by atoms with Crippen LogP contribution in [0.4, 0.5) is 0 Å². The van der Waals surface area contributed by atoms with Crippen molar-refractivity contribution in [2.24, 2.45) is 5.73 Å². The molecule has 3 aromatic heterocycles. The molecule has 0 amide bonds. The SMILES string of the molecule is NCc1cnc(-c2cccnc2)nc1-c1ccco1. The average Bonchev–Trinajstić information content (AvgIpc) is 3.01. The molecule has 5 nitrogen and oxygen atoms in total. The van der Waals surface area contributed by atoms with Crippen molar-refractivity contribution in [3.8, 4) is 22.8 Å². The molecule has 0 bridgehead atoms. The molecule has 0 aliphatic heterocycles. The van der Waals surface area contributed by atoms with Crippen molar-refractivity contribution in [2.75, 3.05) is 0 Å². The fourth-order valence-corrected chi connectivity index (χ4v) is 1.82. The van der Waals surface area contributed by atoms with Crippen LogP contribution in [-0.2, 0) is 6.54 Å². The molecule has 0 aliphatic carbocycles. The van der Waals surface area contributed by atoms with Gasteiger partial charge in [-0.25, -0.2) is 9.97 Å². The molecule has 0 unspecified atom stereocenters. The Morgan fingerprint density at radius 2 is 2.11 bits per heavy atom. The van der Waals surface area contributed by atoms with Gasteiger partial charge in [-0.15, -0.1) is 0 Å². The first-order chi connectivity index (χ1) is 9.38. The fraction of sp³-hybridized carbons (Fsp3) is 0.0714. The zero-order valence-corrected chi connectivity index (χ0v) is 10.2. The normalized spacial score (nSPS) is 10.6. The molecule has 0 saturated carbocycles. The second-order valence-corrected chi connectivity index (χ2v) is 3.99. The zero-order valence-electron chi connectivity index (χ0n) is 10.2. The lowest BCUT2D eigenvalue weighted by Crippen LogP contribution is -2.03. The van der Waals surface area contributed by atoms with E-state index in [0.29, 0.717) is 18.1 Å². The number of pyridine rings is 1. The molecular formula is C14H12N4O. The van der Waals surface area contributed by atoms with Gasteiger partial charge in [0.2, 0.25) is 0 Å². The average molecular weight is 252 g/mol. The molecule has 0 saturated heterocycles. The van der Waals surface area contributed by atoms with E-state index in [1.807, 2.05) is 24.3 Å². The molecule has 0 radical (unpaired) electrons. The van der Waals surface area contributed by atoms with Gasteiger partial charge in [0.1, 0.15) is 5.69 Å². The molecule has 3 aromatic rings. The first kappa shape index (κ1) is 11.6. The van der Waals surface area contributed by atoms with Crippen LogP contribution in [0.1, 0.15) is 5.56 Å². The highest BCUT2D eigenvalue weighted by molar-refractivity contribution is 5.62. The number of hydrogen-bond acceptors (Lipinski definition) is 5. The first-order valence-electron chi connectivity index (χ1n) is 5.89. The molecule has 0 aliphatic rings. The lowest BCUT2D eigenvalue weighted by molar-refractivity contribution is 0.579. The lowest BCUT2D eigenvalue weighted by atomic mass is 10.1. The quantitative estimate of drug-likeness (QED) is 0.773. The van der Waals surface area contributed by atoms with Gasteiger partial charge in [0, 0.05) is 36.3 Å². The van der Waals surface area contributed by atoms with Gasteiger partial charge >= 0.3 is 0 Å². The molecule has 0 spiro atoms. The number of nitrogens with zero attached hydrogens (tertiary/aromatic N) is 3. The summed E-state index contributed by atoms with van der Waals surface area (Å²) in [6.07, 6.45) is 6.78. The predicted octanol–water partition coefficient (Wildman–Crippen LogP) is 2.26. The van der Waals surface area contributed by atoms with Crippen molar-refractivity contribution in [1.82, 2.24) is 15.0 Å². The predicted molar refractivity (Wildman–Crippen MR) is 70.9 cm³/mol. The summed E-state index contributed by atoms with van der Waals surface area (Å²) in [5, 5.41) is 0. The molecule has 3 heterocycles. The Labute approximate surface area is 110 Å². The van der Waals surface area contributed by atoms with Crippen molar-refractivity contribution in [1.29, 1.82) is 0 Å². The summed E-state index contributed by atoms with van der Waals surface area (Å²) in [4.78, 5) is 12.9. The Hall–Kier alpha value is -2.53. The number of hydrogen-bond donors (Lipinski definition) is 1. The van der Waals surface area contributed by atoms with Crippen LogP contribution in [0, 0.1) is 0 Å². The summed E-state index contributed by atoms with van der Waals surface area (Å²) in [6, 6.07) is 7.44. The summed E-state index contributed by atoms with van der Waals surface area (Å²) in [6.45, 7) is 0.364. The molecule has 3 rings (SSSR count). The van der Waals surface area contributed by atoms with Crippen LogP contribution in [0.15, 0.2) is 53.5 Å². The third kappa shape index (κ3) is 2.23. The van der Waals surface area contributed by atoms with Gasteiger partial charge < -0.3 is 10.2 Å². The van der Waals surface area contributed by atoms with Gasteiger partial charge in [-0.1, -0.05) is 0 Å². The second kappa shape index (κ2) is 4.99. The van der Waals surface area contributed by atoms with Crippen LogP contribution in [0.5, 0.6) is 0 Å². The van der Waals surface area contributed by atoms with Gasteiger partial charge in [-0.2, -0.15) is 0 Å². The Kier molecular flexibility index (Phi) is 3.04. The van der Waals surface area contributed by atoms with E-state index >= 15 is 0 Å². The van der Waals surface area contributed by atoms with Crippen molar-refractivity contribution >= 4 is 0 Å². The molecule has 0 aromatic carbocycles. The molecule has 5 heteroatoms. The second-order valence-electron chi connectivity index (χ2n) is 3.99. The van der Waals surface area contributed by atoms with E-state index in [4.69, 9.17) is 10.2 Å². The maximum absolute atomic E-state index is 5.71. The summed E-state index contributed by atoms with van der Waals surface area (Å²) in [5.41, 5.74) is 8.14. The maximum atomic E-state index is 5.71. The summed E-state index contributed by atoms with van der Waals surface area (Å²) in [7, 11) is 0. The standard InChI is InChI=1S/C14H12N4O/c15-7-11-9-17-14(10-3-1-5-16-8-10)18-13(11)12-4-2-6-19-12/h1-6,8-9H,7,15H2. The third-order valence-corrected chi connectivity index (χ3v) is 2.76. The minimum Gasteiger partial charge on any atom is -0.463 e. The molecule has 0 fully saturated rings. The first-order valence-corrected chi connectivity index (χ1v) is 5.89. The summed E-state index contributed by atoms with van der Waals surface area (Å²) < 4.78 is 5.39. The fourth-order valence-electron chi connectivity index (χ4n) is 1.82. The minimum atomic E-state index is 0.364. The van der Waals surface area contributed by atoms with Crippen molar-refractivity contribution in [3.63, 3.8) is 0 Å². The van der Waals surface area contributed by atoms with E-state index in [2.05, 4.69) is 15.0 Å². The summed E-state index contributed by atoms with van der Waals surface area (Å²) in [5.74, 6) is 1.30. The maximum Gasteiger partial charge on any atom is 0.161 e. The van der Waals surface area contributed by atoms with Gasteiger partial charge in [0.15, 0.2) is 11.6 Å². The van der Waals surface area contributed by atoms with Crippen LogP contribution in [0.3, 0.4) is 0 Å². The van der Waals surface area contributed by atoms with Crippen molar-refractivity contribution < 1.29 is 4.42 Å². The van der Waals surface area contributed by atoms with Crippen molar-refractivity contribution in [2.45, 2.75) is 6.54 Å². The molecule has 0 atom stereocenters. The Bertz CT molecular complexity index is 665. The monoisotopic (exact) mass is 252 g/mol. The number of rotatable bonds is 3. The van der Waals surface area contributed by atoms with Crippen LogP contribution < -0.4 is 5.73 Å². The van der Waals surface area contributed by atoms with E-state index in [1.165, 1.54) is 0 Å². The number of furan rings is 1. The van der Waals surface area contributed by atoms with Crippen LogP contribution in [-0.4, -0.2) is 15.0 Å². The van der Waals surface area contributed by atoms with Crippen LogP contribution >= 0.6 is 0 Å². The lowest BCUT2D eigenvalue weighted by Gasteiger charge is -2.06. The number of nitrogens with two attached hydrogens (primary N) is 1. The minimum absolute atomic E-state index is 0.364. The smallest absolute Gasteiger partial charge is 0.161 e. The van der Waals surface area contributed by atoms with Crippen LogP contribution in [0.2, 0.25) is 0 Å². The van der Waals surface area contributed by atoms with Gasteiger partial charge in [0.25, 0.3) is 0 Å². The van der Waals surface area contributed by atoms with Crippen LogP contribution in [0.25, 0.3) is 22.8 Å². The molecular weight excluding hydrogens is 240 g/mol. The molecule has 94 valence electrons. The highest BCUT2D eigenvalue weighted by Gasteiger charge is 2.11. The van der Waals surface area contributed by atoms with E-state index in [1.54, 1.807) is 24.9 Å². The Morgan fingerprint density at radius 1 is 1.16 bits per heavy atom. The van der Waals surface area contributed by atoms with Crippen molar-refractivity contribution in [3.05, 3.63) is 54.7 Å². The van der Waals surface area contributed by atoms with E-state index < -0.39 is 0 Å². The van der Waals surface area contributed by atoms with E-state index in [0.717, 1.165) is 16.8 Å². The Balaban J connectivity index is 2.13. The van der Waals surface area contributed by atoms with E-state index in [-0.39, 0.29) is 0 Å². The topological polar surface area (TPSA) is 77.8 Å². The van der Waals surface area contributed by atoms with Gasteiger partial charge in [0.05, 0.1) is 6.26 Å². The highest BCUT2D eigenvalue weighted by atomic mass is 16.3. The zero-order chi connectivity index (χ0) is 13.1. The van der Waals surface area contributed by atoms with Gasteiger partial charge in [-0.05, 0) is 24.3 Å². The molecule has 2 N–H and O–H groups in total. The Morgan fingerprint density at radius 3 is 2.79 bits per heavy atom. The van der Waals surface area contributed by atoms with Gasteiger partial charge in [-0.3, -0.25) is 4.98 Å². The number of aromatic nitrogens is 3. The molecule has 19 heavy (non-hydrogen) atoms. The third-order valence-electron chi connectivity index (χ3n) is 2.76. The highest BCUT2D eigenvalue weighted by Crippen LogP contribution is 2.24. The largest absolute Gasteiger partial charge is 0.463 e.